The van der Waals surface area contributed by atoms with E-state index in [0.717, 1.165) is 37.4 Å². The van der Waals surface area contributed by atoms with E-state index in [1.165, 1.54) is 12.1 Å². The van der Waals surface area contributed by atoms with E-state index in [0.29, 0.717) is 0 Å². The van der Waals surface area contributed by atoms with E-state index in [1.54, 1.807) is 6.07 Å². The van der Waals surface area contributed by atoms with Crippen LogP contribution in [0.25, 0.3) is 0 Å². The Bertz CT molecular complexity index is 435. The van der Waals surface area contributed by atoms with Gasteiger partial charge in [0.15, 0.2) is 0 Å². The molecule has 0 spiro atoms. The molecule has 0 aromatic heterocycles. The molecule has 1 N–H and O–H groups in total. The second-order valence-electron chi connectivity index (χ2n) is 5.66. The molecule has 1 unspecified atom stereocenters. The summed E-state index contributed by atoms with van der Waals surface area (Å²) >= 11 is 0. The van der Waals surface area contributed by atoms with Crippen LogP contribution in [0.5, 0.6) is 0 Å². The summed E-state index contributed by atoms with van der Waals surface area (Å²) in [6.07, 6.45) is -1.14. The fraction of sp³-hybridized carbons (Fsp3) is 0.600. The van der Waals surface area contributed by atoms with Gasteiger partial charge in [0.1, 0.15) is 0 Å². The summed E-state index contributed by atoms with van der Waals surface area (Å²) in [4.78, 5) is 0. The molecule has 1 fully saturated rings. The SMILES string of the molecule is CCCNC(c1cccc(C(F)(F)F)c1)C1(C)CC1. The molecule has 2 rings (SSSR count). The average molecular weight is 271 g/mol. The van der Waals surface area contributed by atoms with Gasteiger partial charge in [0.2, 0.25) is 0 Å². The lowest BCUT2D eigenvalue weighted by molar-refractivity contribution is -0.137. The van der Waals surface area contributed by atoms with Gasteiger partial charge in [0.05, 0.1) is 5.56 Å². The van der Waals surface area contributed by atoms with E-state index in [9.17, 15) is 13.2 Å². The summed E-state index contributed by atoms with van der Waals surface area (Å²) in [5, 5.41) is 3.40. The summed E-state index contributed by atoms with van der Waals surface area (Å²) in [7, 11) is 0. The Balaban J connectivity index is 2.26. The molecule has 1 saturated carbocycles. The zero-order valence-corrected chi connectivity index (χ0v) is 11.3. The van der Waals surface area contributed by atoms with Crippen molar-refractivity contribution in [2.24, 2.45) is 5.41 Å². The van der Waals surface area contributed by atoms with Gasteiger partial charge < -0.3 is 5.32 Å². The van der Waals surface area contributed by atoms with Crippen molar-refractivity contribution >= 4 is 0 Å². The van der Waals surface area contributed by atoms with Gasteiger partial charge in [0.25, 0.3) is 0 Å². The highest BCUT2D eigenvalue weighted by Crippen LogP contribution is 2.54. The fourth-order valence-electron chi connectivity index (χ4n) is 2.44. The fourth-order valence-corrected chi connectivity index (χ4v) is 2.44. The van der Waals surface area contributed by atoms with Crippen molar-refractivity contribution in [3.05, 3.63) is 35.4 Å². The second-order valence-corrected chi connectivity index (χ2v) is 5.66. The van der Waals surface area contributed by atoms with Gasteiger partial charge in [-0.05, 0) is 48.9 Å². The molecule has 1 atom stereocenters. The quantitative estimate of drug-likeness (QED) is 0.828. The Morgan fingerprint density at radius 1 is 1.32 bits per heavy atom. The molecule has 0 aliphatic heterocycles. The molecule has 19 heavy (non-hydrogen) atoms. The lowest BCUT2D eigenvalue weighted by atomic mass is 9.90. The highest BCUT2D eigenvalue weighted by atomic mass is 19.4. The maximum absolute atomic E-state index is 12.8. The topological polar surface area (TPSA) is 12.0 Å². The molecule has 1 nitrogen and oxygen atoms in total. The predicted octanol–water partition coefficient (Wildman–Crippen LogP) is 4.55. The second kappa shape index (κ2) is 5.16. The molecule has 1 aromatic carbocycles. The van der Waals surface area contributed by atoms with Crippen LogP contribution < -0.4 is 5.32 Å². The van der Waals surface area contributed by atoms with Gasteiger partial charge in [-0.3, -0.25) is 0 Å². The van der Waals surface area contributed by atoms with Crippen LogP contribution in [0.1, 0.15) is 50.3 Å². The third-order valence-electron chi connectivity index (χ3n) is 3.88. The molecular formula is C15H20F3N. The average Bonchev–Trinajstić information content (AvgIpc) is 3.08. The monoisotopic (exact) mass is 271 g/mol. The van der Waals surface area contributed by atoms with Crippen molar-refractivity contribution in [1.82, 2.24) is 5.32 Å². The van der Waals surface area contributed by atoms with E-state index in [1.807, 2.05) is 0 Å². The van der Waals surface area contributed by atoms with E-state index in [4.69, 9.17) is 0 Å². The number of halogens is 3. The minimum Gasteiger partial charge on any atom is -0.309 e. The smallest absolute Gasteiger partial charge is 0.309 e. The highest BCUT2D eigenvalue weighted by Gasteiger charge is 2.45. The van der Waals surface area contributed by atoms with Gasteiger partial charge in [-0.15, -0.1) is 0 Å². The largest absolute Gasteiger partial charge is 0.416 e. The molecule has 1 aliphatic rings. The molecule has 1 aliphatic carbocycles. The zero-order chi connectivity index (χ0) is 14.1. The normalized spacial score (nSPS) is 19.2. The van der Waals surface area contributed by atoms with Crippen molar-refractivity contribution in [3.63, 3.8) is 0 Å². The van der Waals surface area contributed by atoms with Crippen LogP contribution in [0.15, 0.2) is 24.3 Å². The number of nitrogens with one attached hydrogen (secondary N) is 1. The van der Waals surface area contributed by atoms with Crippen LogP contribution in [-0.4, -0.2) is 6.54 Å². The molecular weight excluding hydrogens is 251 g/mol. The summed E-state index contributed by atoms with van der Waals surface area (Å²) in [5.41, 5.74) is 0.306. The van der Waals surface area contributed by atoms with Crippen LogP contribution in [-0.2, 0) is 6.18 Å². The minimum absolute atomic E-state index is 0.0229. The van der Waals surface area contributed by atoms with Crippen molar-refractivity contribution < 1.29 is 13.2 Å². The van der Waals surface area contributed by atoms with Gasteiger partial charge in [-0.25, -0.2) is 0 Å². The minimum atomic E-state index is -4.27. The third kappa shape index (κ3) is 3.30. The first-order chi connectivity index (χ1) is 8.87. The first-order valence-electron chi connectivity index (χ1n) is 6.77. The Kier molecular flexibility index (Phi) is 3.90. The number of rotatable bonds is 5. The Hall–Kier alpha value is -1.03. The van der Waals surface area contributed by atoms with Crippen molar-refractivity contribution in [1.29, 1.82) is 0 Å². The van der Waals surface area contributed by atoms with Gasteiger partial charge >= 0.3 is 6.18 Å². The molecule has 1 aromatic rings. The lowest BCUT2D eigenvalue weighted by Crippen LogP contribution is -2.29. The van der Waals surface area contributed by atoms with Crippen molar-refractivity contribution in [2.75, 3.05) is 6.54 Å². The van der Waals surface area contributed by atoms with Crippen molar-refractivity contribution in [2.45, 2.75) is 45.3 Å². The molecule has 0 bridgehead atoms. The van der Waals surface area contributed by atoms with E-state index >= 15 is 0 Å². The third-order valence-corrected chi connectivity index (χ3v) is 3.88. The lowest BCUT2D eigenvalue weighted by Gasteiger charge is -2.26. The maximum atomic E-state index is 12.8. The number of hydrogen-bond donors (Lipinski definition) is 1. The first kappa shape index (κ1) is 14.4. The van der Waals surface area contributed by atoms with Crippen molar-refractivity contribution in [3.8, 4) is 0 Å². The molecule has 106 valence electrons. The Morgan fingerprint density at radius 3 is 2.53 bits per heavy atom. The van der Waals surface area contributed by atoms with E-state index < -0.39 is 11.7 Å². The number of alkyl halides is 3. The standard InChI is InChI=1S/C15H20F3N/c1-3-9-19-13(14(2)7-8-14)11-5-4-6-12(10-11)15(16,17)18/h4-6,10,13,19H,3,7-9H2,1-2H3. The van der Waals surface area contributed by atoms with Gasteiger partial charge in [-0.1, -0.05) is 26.0 Å². The van der Waals surface area contributed by atoms with E-state index in [2.05, 4.69) is 19.2 Å². The predicted molar refractivity (Wildman–Crippen MR) is 69.8 cm³/mol. The molecule has 0 amide bonds. The number of hydrogen-bond acceptors (Lipinski definition) is 1. The van der Waals surface area contributed by atoms with Gasteiger partial charge in [-0.2, -0.15) is 13.2 Å². The first-order valence-corrected chi connectivity index (χ1v) is 6.77. The summed E-state index contributed by atoms with van der Waals surface area (Å²) in [5.74, 6) is 0. The van der Waals surface area contributed by atoms with Crippen LogP contribution in [0, 0.1) is 5.41 Å². The molecule has 0 heterocycles. The summed E-state index contributed by atoms with van der Waals surface area (Å²) in [6.45, 7) is 5.03. The van der Waals surface area contributed by atoms with Crippen LogP contribution in [0.2, 0.25) is 0 Å². The van der Waals surface area contributed by atoms with Crippen LogP contribution in [0.3, 0.4) is 0 Å². The highest BCUT2D eigenvalue weighted by molar-refractivity contribution is 5.30. The van der Waals surface area contributed by atoms with Crippen LogP contribution in [0.4, 0.5) is 13.2 Å². The Labute approximate surface area is 112 Å². The molecule has 0 radical (unpaired) electrons. The number of benzene rings is 1. The van der Waals surface area contributed by atoms with E-state index in [-0.39, 0.29) is 11.5 Å². The molecule has 0 saturated heterocycles. The summed E-state index contributed by atoms with van der Waals surface area (Å²) < 4.78 is 38.3. The van der Waals surface area contributed by atoms with Gasteiger partial charge in [0, 0.05) is 6.04 Å². The summed E-state index contributed by atoms with van der Waals surface area (Å²) in [6, 6.07) is 5.75. The maximum Gasteiger partial charge on any atom is 0.416 e. The molecule has 4 heteroatoms. The van der Waals surface area contributed by atoms with Crippen LogP contribution >= 0.6 is 0 Å². The Morgan fingerprint density at radius 2 is 2.00 bits per heavy atom. The zero-order valence-electron chi connectivity index (χ0n) is 11.3.